The third-order valence-electron chi connectivity index (χ3n) is 6.38. The van der Waals surface area contributed by atoms with E-state index in [1.807, 2.05) is 0 Å². The lowest BCUT2D eigenvalue weighted by atomic mass is 9.72. The topological polar surface area (TPSA) is 66.5 Å². The molecule has 1 heterocycles. The molecule has 1 fully saturated rings. The molecule has 0 aromatic rings. The normalized spacial score (nSPS) is 27.7. The van der Waals surface area contributed by atoms with Crippen molar-refractivity contribution in [3.8, 4) is 0 Å². The maximum atomic E-state index is 14.6. The van der Waals surface area contributed by atoms with Crippen LogP contribution in [-0.2, 0) is 14.4 Å². The summed E-state index contributed by atoms with van der Waals surface area (Å²) in [5.74, 6) is -3.40. The first-order valence-electron chi connectivity index (χ1n) is 10.8. The van der Waals surface area contributed by atoms with Gasteiger partial charge in [-0.1, -0.05) is 47.0 Å². The van der Waals surface area contributed by atoms with Gasteiger partial charge >= 0.3 is 6.18 Å². The Balaban J connectivity index is 2.12. The average molecular weight is 428 g/mol. The summed E-state index contributed by atoms with van der Waals surface area (Å²) in [4.78, 5) is 40.3. The fraction of sp³-hybridized carbons (Fsp3) is 0.773. The number of Topliss-reactive ketones (excluding diaryl/α,β-unsaturated/α-hetero) is 1. The number of hydrogen-bond donors (Lipinski definition) is 1. The Morgan fingerprint density at radius 3 is 2.27 bits per heavy atom. The lowest BCUT2D eigenvalue weighted by Crippen LogP contribution is -2.67. The molecule has 3 aliphatic rings. The zero-order valence-electron chi connectivity index (χ0n) is 18.1. The van der Waals surface area contributed by atoms with Crippen LogP contribution in [0.2, 0.25) is 0 Å². The highest BCUT2D eigenvalue weighted by molar-refractivity contribution is 6.13. The number of amides is 2. The monoisotopic (exact) mass is 428 g/mol. The van der Waals surface area contributed by atoms with E-state index < -0.39 is 46.2 Å². The Bertz CT molecular complexity index is 779. The Morgan fingerprint density at radius 2 is 1.73 bits per heavy atom. The van der Waals surface area contributed by atoms with Gasteiger partial charge in [0.25, 0.3) is 5.91 Å². The molecule has 8 heteroatoms. The van der Waals surface area contributed by atoms with Gasteiger partial charge in [0.2, 0.25) is 11.4 Å². The van der Waals surface area contributed by atoms with E-state index in [1.165, 1.54) is 0 Å². The molecule has 0 aromatic carbocycles. The number of ketones is 1. The van der Waals surface area contributed by atoms with Gasteiger partial charge in [0.05, 0.1) is 5.57 Å². The van der Waals surface area contributed by atoms with Crippen molar-refractivity contribution in [2.75, 3.05) is 6.54 Å². The van der Waals surface area contributed by atoms with Gasteiger partial charge in [0.1, 0.15) is 0 Å². The second-order valence-electron chi connectivity index (χ2n) is 10.1. The molecule has 0 radical (unpaired) electrons. The molecule has 2 amide bonds. The van der Waals surface area contributed by atoms with Crippen LogP contribution >= 0.6 is 0 Å². The van der Waals surface area contributed by atoms with Gasteiger partial charge in [-0.25, -0.2) is 0 Å². The Kier molecular flexibility index (Phi) is 5.84. The second-order valence-corrected chi connectivity index (χ2v) is 10.1. The number of halogens is 3. The molecule has 1 aliphatic heterocycles. The first-order chi connectivity index (χ1) is 13.8. The zero-order chi connectivity index (χ0) is 22.5. The summed E-state index contributed by atoms with van der Waals surface area (Å²) in [6.45, 7) is 7.29. The molecule has 0 aromatic heterocycles. The van der Waals surface area contributed by atoms with Crippen LogP contribution in [0.15, 0.2) is 11.3 Å². The van der Waals surface area contributed by atoms with E-state index in [9.17, 15) is 27.6 Å². The Labute approximate surface area is 175 Å². The smallest absolute Gasteiger partial charge is 0.330 e. The van der Waals surface area contributed by atoms with Crippen molar-refractivity contribution in [3.05, 3.63) is 11.3 Å². The summed E-state index contributed by atoms with van der Waals surface area (Å²) < 4.78 is 43.8. The molecule has 3 rings (SSSR count). The van der Waals surface area contributed by atoms with E-state index in [1.54, 1.807) is 27.7 Å². The highest BCUT2D eigenvalue weighted by Gasteiger charge is 2.71. The number of alkyl halides is 3. The van der Waals surface area contributed by atoms with Gasteiger partial charge in [-0.3, -0.25) is 14.4 Å². The van der Waals surface area contributed by atoms with Crippen molar-refractivity contribution in [2.24, 2.45) is 17.3 Å². The van der Waals surface area contributed by atoms with Crippen molar-refractivity contribution in [1.29, 1.82) is 0 Å². The standard InChI is InChI=1S/C22H31F3N2O3/c1-13(2)12-27-15-10-20(3,4)11-16(28)17(15)21(19(27)30,22(23,24)25)26-18(29)14-8-6-5-7-9-14/h13-14H,5-12H2,1-4H3,(H,26,29)/t21-/m1/s1. The molecule has 1 saturated carbocycles. The number of nitrogens with zero attached hydrogens (tertiary/aromatic N) is 1. The van der Waals surface area contributed by atoms with E-state index in [4.69, 9.17) is 0 Å². The molecule has 0 spiro atoms. The number of hydrogen-bond acceptors (Lipinski definition) is 3. The first kappa shape index (κ1) is 22.8. The van der Waals surface area contributed by atoms with Crippen molar-refractivity contribution >= 4 is 17.6 Å². The van der Waals surface area contributed by atoms with Gasteiger partial charge in [-0.2, -0.15) is 13.2 Å². The summed E-state index contributed by atoms with van der Waals surface area (Å²) in [5.41, 5.74) is -4.28. The molecule has 0 unspecified atom stereocenters. The van der Waals surface area contributed by atoms with E-state index in [0.29, 0.717) is 12.8 Å². The van der Waals surface area contributed by atoms with Crippen LogP contribution in [0.3, 0.4) is 0 Å². The summed E-state index contributed by atoms with van der Waals surface area (Å²) in [6.07, 6.45) is -1.55. The fourth-order valence-electron chi connectivity index (χ4n) is 5.04. The van der Waals surface area contributed by atoms with Crippen LogP contribution in [0, 0.1) is 17.3 Å². The van der Waals surface area contributed by atoms with Crippen LogP contribution in [0.4, 0.5) is 13.2 Å². The molecule has 30 heavy (non-hydrogen) atoms. The molecular weight excluding hydrogens is 397 g/mol. The first-order valence-corrected chi connectivity index (χ1v) is 10.8. The predicted molar refractivity (Wildman–Crippen MR) is 105 cm³/mol. The fourth-order valence-corrected chi connectivity index (χ4v) is 5.04. The number of carbonyl (C=O) groups excluding carboxylic acids is 3. The number of carbonyl (C=O) groups is 3. The van der Waals surface area contributed by atoms with Crippen molar-refractivity contribution in [3.63, 3.8) is 0 Å². The molecule has 168 valence electrons. The van der Waals surface area contributed by atoms with Crippen LogP contribution in [0.1, 0.15) is 72.6 Å². The lowest BCUT2D eigenvalue weighted by Gasteiger charge is -2.36. The van der Waals surface area contributed by atoms with Gasteiger partial charge in [-0.15, -0.1) is 0 Å². The van der Waals surface area contributed by atoms with Crippen molar-refractivity contribution in [2.45, 2.75) is 84.4 Å². The van der Waals surface area contributed by atoms with Crippen LogP contribution in [0.5, 0.6) is 0 Å². The van der Waals surface area contributed by atoms with Gasteiger partial charge in [-0.05, 0) is 30.6 Å². The second kappa shape index (κ2) is 7.68. The highest BCUT2D eigenvalue weighted by atomic mass is 19.4. The van der Waals surface area contributed by atoms with Crippen LogP contribution in [-0.4, -0.2) is 40.8 Å². The van der Waals surface area contributed by atoms with Gasteiger partial charge in [0.15, 0.2) is 5.78 Å². The quantitative estimate of drug-likeness (QED) is 0.732. The predicted octanol–water partition coefficient (Wildman–Crippen LogP) is 4.13. The van der Waals surface area contributed by atoms with E-state index in [0.717, 1.165) is 24.2 Å². The highest BCUT2D eigenvalue weighted by Crippen LogP contribution is 2.52. The molecule has 5 nitrogen and oxygen atoms in total. The lowest BCUT2D eigenvalue weighted by molar-refractivity contribution is -0.195. The largest absolute Gasteiger partial charge is 0.425 e. The minimum absolute atomic E-state index is 0.0676. The maximum absolute atomic E-state index is 14.6. The van der Waals surface area contributed by atoms with Crippen molar-refractivity contribution < 1.29 is 27.6 Å². The van der Waals surface area contributed by atoms with E-state index >= 15 is 0 Å². The SMILES string of the molecule is CC(C)CN1C(=O)[C@@](NC(=O)C2CCCCC2)(C(F)(F)F)C2=C1CC(C)(C)CC2=O. The average Bonchev–Trinajstić information content (AvgIpc) is 2.84. The Morgan fingerprint density at radius 1 is 1.13 bits per heavy atom. The third kappa shape index (κ3) is 3.78. The van der Waals surface area contributed by atoms with Gasteiger partial charge in [0, 0.05) is 24.6 Å². The van der Waals surface area contributed by atoms with Crippen LogP contribution in [0.25, 0.3) is 0 Å². The summed E-state index contributed by atoms with van der Waals surface area (Å²) in [7, 11) is 0. The minimum Gasteiger partial charge on any atom is -0.330 e. The Hall–Kier alpha value is -1.86. The van der Waals surface area contributed by atoms with Crippen LogP contribution < -0.4 is 5.32 Å². The summed E-state index contributed by atoms with van der Waals surface area (Å²) >= 11 is 0. The summed E-state index contributed by atoms with van der Waals surface area (Å²) in [6, 6.07) is 0. The number of nitrogens with one attached hydrogen (secondary N) is 1. The van der Waals surface area contributed by atoms with E-state index in [-0.39, 0.29) is 31.0 Å². The number of rotatable bonds is 4. The molecule has 0 bridgehead atoms. The van der Waals surface area contributed by atoms with Crippen molar-refractivity contribution in [1.82, 2.24) is 10.2 Å². The molecular formula is C22H31F3N2O3. The zero-order valence-corrected chi connectivity index (χ0v) is 18.1. The maximum Gasteiger partial charge on any atom is 0.425 e. The molecule has 2 aliphatic carbocycles. The van der Waals surface area contributed by atoms with Gasteiger partial charge < -0.3 is 10.2 Å². The molecule has 1 atom stereocenters. The minimum atomic E-state index is -5.11. The summed E-state index contributed by atoms with van der Waals surface area (Å²) in [5, 5.41) is 2.08. The van der Waals surface area contributed by atoms with E-state index in [2.05, 4.69) is 5.32 Å². The molecule has 0 saturated heterocycles. The third-order valence-corrected chi connectivity index (χ3v) is 6.38. The number of allylic oxidation sites excluding steroid dienone is 1. The molecule has 1 N–H and O–H groups in total.